The van der Waals surface area contributed by atoms with Gasteiger partial charge in [0.2, 0.25) is 5.91 Å². The fourth-order valence-electron chi connectivity index (χ4n) is 4.74. The smallest absolute Gasteiger partial charge is 0.275 e. The second-order valence-electron chi connectivity index (χ2n) is 8.95. The first-order chi connectivity index (χ1) is 16.5. The van der Waals surface area contributed by atoms with Crippen molar-refractivity contribution in [1.82, 2.24) is 9.78 Å². The van der Waals surface area contributed by atoms with E-state index in [1.54, 1.807) is 0 Å². The lowest BCUT2D eigenvalue weighted by Gasteiger charge is -2.24. The molecule has 2 heterocycles. The van der Waals surface area contributed by atoms with Gasteiger partial charge in [0, 0.05) is 42.9 Å². The van der Waals surface area contributed by atoms with Crippen LogP contribution < -0.4 is 20.7 Å². The second kappa shape index (κ2) is 10.7. The predicted molar refractivity (Wildman–Crippen MR) is 140 cm³/mol. The van der Waals surface area contributed by atoms with Gasteiger partial charge in [0.1, 0.15) is 6.54 Å². The van der Waals surface area contributed by atoms with E-state index in [1.807, 2.05) is 43.3 Å². The molecule has 1 aliphatic heterocycles. The van der Waals surface area contributed by atoms with Crippen molar-refractivity contribution in [3.63, 3.8) is 0 Å². The van der Waals surface area contributed by atoms with Gasteiger partial charge in [-0.05, 0) is 63.4 Å². The molecule has 34 heavy (non-hydrogen) atoms. The van der Waals surface area contributed by atoms with Crippen molar-refractivity contribution >= 4 is 33.9 Å². The summed E-state index contributed by atoms with van der Waals surface area (Å²) in [5.74, 6) is 0.537. The molecule has 0 unspecified atom stereocenters. The molecule has 1 fully saturated rings. The summed E-state index contributed by atoms with van der Waals surface area (Å²) in [6.07, 6.45) is 4.64. The van der Waals surface area contributed by atoms with E-state index in [9.17, 15) is 9.59 Å². The number of fused-ring (bicyclic) bond motifs is 1. The monoisotopic (exact) mass is 461 g/mol. The van der Waals surface area contributed by atoms with Gasteiger partial charge in [-0.3, -0.25) is 9.59 Å². The first-order valence-electron chi connectivity index (χ1n) is 12.4. The molecule has 0 bridgehead atoms. The summed E-state index contributed by atoms with van der Waals surface area (Å²) in [5.41, 5.74) is 2.64. The molecule has 7 nitrogen and oxygen atoms in total. The summed E-state index contributed by atoms with van der Waals surface area (Å²) in [6, 6.07) is 13.6. The van der Waals surface area contributed by atoms with E-state index < -0.39 is 0 Å². The van der Waals surface area contributed by atoms with Crippen molar-refractivity contribution in [3.8, 4) is 0 Å². The van der Waals surface area contributed by atoms with Crippen molar-refractivity contribution in [2.45, 2.75) is 53.0 Å². The molecule has 0 saturated carbocycles. The molecule has 1 amide bonds. The van der Waals surface area contributed by atoms with E-state index in [0.717, 1.165) is 67.2 Å². The van der Waals surface area contributed by atoms with Crippen LogP contribution in [0.2, 0.25) is 0 Å². The molecule has 0 aliphatic carbocycles. The van der Waals surface area contributed by atoms with Crippen LogP contribution in [0.3, 0.4) is 0 Å². The highest BCUT2D eigenvalue weighted by Gasteiger charge is 2.19. The van der Waals surface area contributed by atoms with E-state index in [-0.39, 0.29) is 18.0 Å². The summed E-state index contributed by atoms with van der Waals surface area (Å²) in [7, 11) is 0. The molecule has 0 radical (unpaired) electrons. The minimum atomic E-state index is -0.259. The lowest BCUT2D eigenvalue weighted by atomic mass is 10.1. The normalized spacial score (nSPS) is 14.1. The number of aromatic nitrogens is 2. The Hall–Kier alpha value is -3.35. The van der Waals surface area contributed by atoms with Gasteiger partial charge in [-0.1, -0.05) is 31.0 Å². The van der Waals surface area contributed by atoms with Gasteiger partial charge in [0.25, 0.3) is 5.56 Å². The zero-order valence-corrected chi connectivity index (χ0v) is 20.5. The van der Waals surface area contributed by atoms with Crippen molar-refractivity contribution in [3.05, 3.63) is 58.4 Å². The standard InChI is InChI=1S/C27H35N5O2/c1-4-30(5-2)21-14-15-24(20(3)18-21)28-25(33)19-32-27(34)23-13-9-8-12-22(23)26(29-32)31-16-10-6-7-11-17-31/h8-9,12-15,18H,4-7,10-11,16-17,19H2,1-3H3,(H,28,33). The van der Waals surface area contributed by atoms with Gasteiger partial charge in [-0.25, -0.2) is 4.68 Å². The zero-order valence-electron chi connectivity index (χ0n) is 20.5. The Kier molecular flexibility index (Phi) is 7.50. The Labute approximate surface area is 201 Å². The molecule has 3 aromatic rings. The van der Waals surface area contributed by atoms with Crippen LogP contribution in [-0.4, -0.2) is 41.9 Å². The fraction of sp³-hybridized carbons (Fsp3) is 0.444. The number of nitrogens with zero attached hydrogens (tertiary/aromatic N) is 4. The molecular formula is C27H35N5O2. The van der Waals surface area contributed by atoms with Gasteiger partial charge in [0.05, 0.1) is 5.39 Å². The van der Waals surface area contributed by atoms with E-state index in [0.29, 0.717) is 5.39 Å². The highest BCUT2D eigenvalue weighted by molar-refractivity contribution is 5.93. The maximum absolute atomic E-state index is 13.2. The molecule has 2 aromatic carbocycles. The Morgan fingerprint density at radius 2 is 1.68 bits per heavy atom. The number of carbonyl (C=O) groups excluding carboxylic acids is 1. The Morgan fingerprint density at radius 1 is 1.00 bits per heavy atom. The Morgan fingerprint density at radius 3 is 2.32 bits per heavy atom. The number of rotatable bonds is 7. The summed E-state index contributed by atoms with van der Waals surface area (Å²) in [4.78, 5) is 30.7. The predicted octanol–water partition coefficient (Wildman–Crippen LogP) is 4.57. The van der Waals surface area contributed by atoms with Crippen molar-refractivity contribution in [2.75, 3.05) is 41.3 Å². The number of nitrogens with one attached hydrogen (secondary N) is 1. The van der Waals surface area contributed by atoms with E-state index in [2.05, 4.69) is 35.0 Å². The Bertz CT molecular complexity index is 1210. The average molecular weight is 462 g/mol. The SMILES string of the molecule is CCN(CC)c1ccc(NC(=O)Cn2nc(N3CCCCCC3)c3ccccc3c2=O)c(C)c1. The van der Waals surface area contributed by atoms with Crippen LogP contribution >= 0.6 is 0 Å². The lowest BCUT2D eigenvalue weighted by Crippen LogP contribution is -2.33. The summed E-state index contributed by atoms with van der Waals surface area (Å²) < 4.78 is 1.32. The maximum Gasteiger partial charge on any atom is 0.275 e. The van der Waals surface area contributed by atoms with Crippen LogP contribution in [0.4, 0.5) is 17.2 Å². The number of hydrogen-bond acceptors (Lipinski definition) is 5. The first-order valence-corrected chi connectivity index (χ1v) is 12.4. The van der Waals surface area contributed by atoms with E-state index in [1.165, 1.54) is 17.5 Å². The molecule has 0 atom stereocenters. The summed E-state index contributed by atoms with van der Waals surface area (Å²) >= 11 is 0. The van der Waals surface area contributed by atoms with Gasteiger partial charge in [0.15, 0.2) is 5.82 Å². The molecule has 180 valence electrons. The summed E-state index contributed by atoms with van der Waals surface area (Å²) in [5, 5.41) is 9.12. The molecular weight excluding hydrogens is 426 g/mol. The van der Waals surface area contributed by atoms with Crippen LogP contribution in [0.1, 0.15) is 45.1 Å². The topological polar surface area (TPSA) is 70.5 Å². The molecule has 1 N–H and O–H groups in total. The number of carbonyl (C=O) groups is 1. The first kappa shape index (κ1) is 23.8. The van der Waals surface area contributed by atoms with Crippen LogP contribution in [0.25, 0.3) is 10.8 Å². The number of anilines is 3. The quantitative estimate of drug-likeness (QED) is 0.558. The van der Waals surface area contributed by atoms with Crippen LogP contribution in [0.15, 0.2) is 47.3 Å². The maximum atomic E-state index is 13.2. The highest BCUT2D eigenvalue weighted by Crippen LogP contribution is 2.25. The van der Waals surface area contributed by atoms with Crippen molar-refractivity contribution in [1.29, 1.82) is 0 Å². The third-order valence-electron chi connectivity index (χ3n) is 6.66. The molecule has 1 aliphatic rings. The number of benzene rings is 2. The number of amides is 1. The zero-order chi connectivity index (χ0) is 24.1. The van der Waals surface area contributed by atoms with Gasteiger partial charge in [-0.2, -0.15) is 5.10 Å². The van der Waals surface area contributed by atoms with Crippen LogP contribution in [0, 0.1) is 6.92 Å². The van der Waals surface area contributed by atoms with Gasteiger partial charge < -0.3 is 15.1 Å². The third-order valence-corrected chi connectivity index (χ3v) is 6.66. The highest BCUT2D eigenvalue weighted by atomic mass is 16.2. The average Bonchev–Trinajstić information content (AvgIpc) is 3.13. The van der Waals surface area contributed by atoms with Crippen molar-refractivity contribution < 1.29 is 4.79 Å². The molecule has 7 heteroatoms. The fourth-order valence-corrected chi connectivity index (χ4v) is 4.74. The van der Waals surface area contributed by atoms with E-state index >= 15 is 0 Å². The minimum absolute atomic E-state index is 0.123. The van der Waals surface area contributed by atoms with Crippen LogP contribution in [-0.2, 0) is 11.3 Å². The molecule has 0 spiro atoms. The number of aryl methyl sites for hydroxylation is 1. The van der Waals surface area contributed by atoms with Gasteiger partial charge in [-0.15, -0.1) is 0 Å². The summed E-state index contributed by atoms with van der Waals surface area (Å²) in [6.45, 7) is 9.81. The lowest BCUT2D eigenvalue weighted by molar-refractivity contribution is -0.117. The van der Waals surface area contributed by atoms with E-state index in [4.69, 9.17) is 5.10 Å². The molecule has 4 rings (SSSR count). The number of hydrogen-bond donors (Lipinski definition) is 1. The largest absolute Gasteiger partial charge is 0.372 e. The van der Waals surface area contributed by atoms with Gasteiger partial charge >= 0.3 is 0 Å². The molecule has 1 saturated heterocycles. The third kappa shape index (κ3) is 5.08. The second-order valence-corrected chi connectivity index (χ2v) is 8.95. The van der Waals surface area contributed by atoms with Crippen LogP contribution in [0.5, 0.6) is 0 Å². The molecule has 1 aromatic heterocycles. The Balaban J connectivity index is 1.60. The van der Waals surface area contributed by atoms with Crippen molar-refractivity contribution in [2.24, 2.45) is 0 Å². The minimum Gasteiger partial charge on any atom is -0.372 e.